The van der Waals surface area contributed by atoms with Gasteiger partial charge in [0.05, 0.1) is 4.92 Å². The van der Waals surface area contributed by atoms with E-state index in [4.69, 9.17) is 11.6 Å². The molecule has 2 rings (SSSR count). The Kier molecular flexibility index (Phi) is 4.65. The fourth-order valence-electron chi connectivity index (χ4n) is 2.29. The van der Waals surface area contributed by atoms with Crippen molar-refractivity contribution in [3.8, 4) is 0 Å². The number of hydrogen-bond acceptors (Lipinski definition) is 4. The summed E-state index contributed by atoms with van der Waals surface area (Å²) < 4.78 is 0.677. The molecule has 1 aromatic carbocycles. The Labute approximate surface area is 125 Å². The van der Waals surface area contributed by atoms with Crippen LogP contribution >= 0.6 is 27.5 Å². The lowest BCUT2D eigenvalue weighted by molar-refractivity contribution is -0.384. The molecular weight excluding hydrogens is 334 g/mol. The minimum atomic E-state index is -0.377. The lowest BCUT2D eigenvalue weighted by Gasteiger charge is -2.35. The van der Waals surface area contributed by atoms with Gasteiger partial charge >= 0.3 is 0 Å². The van der Waals surface area contributed by atoms with Gasteiger partial charge in [0, 0.05) is 41.7 Å². The molecule has 1 fully saturated rings. The van der Waals surface area contributed by atoms with Crippen LogP contribution in [0.5, 0.6) is 0 Å². The molecule has 104 valence electrons. The van der Waals surface area contributed by atoms with Crippen molar-refractivity contribution in [2.45, 2.75) is 6.92 Å². The number of piperazine rings is 1. The highest BCUT2D eigenvalue weighted by Crippen LogP contribution is 2.38. The van der Waals surface area contributed by atoms with Crippen molar-refractivity contribution in [1.29, 1.82) is 0 Å². The predicted molar refractivity (Wildman–Crippen MR) is 80.1 cm³/mol. The van der Waals surface area contributed by atoms with Crippen molar-refractivity contribution in [3.63, 3.8) is 0 Å². The summed E-state index contributed by atoms with van der Waals surface area (Å²) in [4.78, 5) is 15.2. The smallest absolute Gasteiger partial charge is 0.295 e. The normalized spacial score (nSPS) is 16.7. The number of rotatable bonds is 3. The Morgan fingerprint density at radius 1 is 1.37 bits per heavy atom. The zero-order valence-electron chi connectivity index (χ0n) is 10.6. The van der Waals surface area contributed by atoms with Crippen LogP contribution in [0.15, 0.2) is 16.6 Å². The van der Waals surface area contributed by atoms with Crippen molar-refractivity contribution >= 4 is 38.9 Å². The Bertz CT molecular complexity index is 490. The Morgan fingerprint density at radius 3 is 2.53 bits per heavy atom. The number of nitro groups is 1. The average molecular weight is 349 g/mol. The van der Waals surface area contributed by atoms with Crippen molar-refractivity contribution in [2.24, 2.45) is 0 Å². The van der Waals surface area contributed by atoms with Crippen LogP contribution in [0.3, 0.4) is 0 Å². The second kappa shape index (κ2) is 6.07. The van der Waals surface area contributed by atoms with Gasteiger partial charge in [0.2, 0.25) is 0 Å². The number of halogens is 2. The van der Waals surface area contributed by atoms with E-state index in [9.17, 15) is 10.1 Å². The van der Waals surface area contributed by atoms with E-state index < -0.39 is 0 Å². The number of benzene rings is 1. The molecule has 0 aliphatic carbocycles. The lowest BCUT2D eigenvalue weighted by atomic mass is 10.2. The number of hydrogen-bond donors (Lipinski definition) is 0. The van der Waals surface area contributed by atoms with Gasteiger partial charge < -0.3 is 9.80 Å². The maximum absolute atomic E-state index is 11.2. The van der Waals surface area contributed by atoms with E-state index in [1.165, 1.54) is 6.07 Å². The molecule has 19 heavy (non-hydrogen) atoms. The summed E-state index contributed by atoms with van der Waals surface area (Å²) in [5, 5.41) is 11.5. The van der Waals surface area contributed by atoms with Crippen molar-refractivity contribution < 1.29 is 4.92 Å². The molecule has 1 aromatic rings. The highest BCUT2D eigenvalue weighted by molar-refractivity contribution is 9.10. The van der Waals surface area contributed by atoms with E-state index in [1.807, 2.05) is 4.90 Å². The number of likely N-dealkylation sites (N-methyl/N-ethyl adjacent to an activating group) is 1. The van der Waals surface area contributed by atoms with Crippen molar-refractivity contribution in [2.75, 3.05) is 37.6 Å². The molecule has 0 amide bonds. The van der Waals surface area contributed by atoms with E-state index in [1.54, 1.807) is 6.07 Å². The Morgan fingerprint density at radius 2 is 2.00 bits per heavy atom. The fourth-order valence-corrected chi connectivity index (χ4v) is 3.34. The molecule has 0 saturated carbocycles. The quantitative estimate of drug-likeness (QED) is 0.622. The number of nitrogens with zero attached hydrogens (tertiary/aromatic N) is 3. The highest BCUT2D eigenvalue weighted by atomic mass is 79.9. The zero-order chi connectivity index (χ0) is 14.0. The Hall–Kier alpha value is -0.850. The van der Waals surface area contributed by atoms with Crippen LogP contribution in [-0.4, -0.2) is 42.5 Å². The molecule has 0 N–H and O–H groups in total. The van der Waals surface area contributed by atoms with Gasteiger partial charge in [-0.15, -0.1) is 0 Å². The molecule has 0 bridgehead atoms. The molecule has 1 aliphatic rings. The van der Waals surface area contributed by atoms with Crippen LogP contribution in [0, 0.1) is 10.1 Å². The van der Waals surface area contributed by atoms with Gasteiger partial charge in [0.1, 0.15) is 5.69 Å². The van der Waals surface area contributed by atoms with E-state index in [-0.39, 0.29) is 10.6 Å². The second-order valence-corrected chi connectivity index (χ2v) is 5.72. The van der Waals surface area contributed by atoms with Crippen LogP contribution in [0.4, 0.5) is 11.4 Å². The molecule has 0 spiro atoms. The SMILES string of the molecule is CCN1CCN(c2c(Br)cc(Cl)cc2[N+](=O)[O-])CC1. The van der Waals surface area contributed by atoms with Gasteiger partial charge in [0.15, 0.2) is 0 Å². The highest BCUT2D eigenvalue weighted by Gasteiger charge is 2.26. The van der Waals surface area contributed by atoms with Gasteiger partial charge in [-0.3, -0.25) is 10.1 Å². The zero-order valence-corrected chi connectivity index (χ0v) is 12.9. The van der Waals surface area contributed by atoms with Crippen LogP contribution in [-0.2, 0) is 0 Å². The number of nitro benzene ring substituents is 1. The summed E-state index contributed by atoms with van der Waals surface area (Å²) in [6.07, 6.45) is 0. The maximum Gasteiger partial charge on any atom is 0.295 e. The summed E-state index contributed by atoms with van der Waals surface area (Å²) in [5.74, 6) is 0. The first kappa shape index (κ1) is 14.6. The van der Waals surface area contributed by atoms with E-state index in [2.05, 4.69) is 27.8 Å². The first-order valence-electron chi connectivity index (χ1n) is 6.13. The third kappa shape index (κ3) is 3.19. The minimum Gasteiger partial charge on any atom is -0.362 e. The summed E-state index contributed by atoms with van der Waals surface area (Å²) in [5.41, 5.74) is 0.689. The standard InChI is InChI=1S/C12H15BrClN3O2/c1-2-15-3-5-16(6-4-15)12-10(13)7-9(14)8-11(12)17(18)19/h7-8H,2-6H2,1H3. The summed E-state index contributed by atoms with van der Waals surface area (Å²) >= 11 is 9.28. The molecule has 7 heteroatoms. The topological polar surface area (TPSA) is 49.6 Å². The molecule has 1 aliphatic heterocycles. The molecule has 0 unspecified atom stereocenters. The van der Waals surface area contributed by atoms with Gasteiger partial charge in [0.25, 0.3) is 5.69 Å². The molecule has 1 saturated heterocycles. The minimum absolute atomic E-state index is 0.0596. The number of anilines is 1. The van der Waals surface area contributed by atoms with E-state index in [0.29, 0.717) is 15.2 Å². The first-order chi connectivity index (χ1) is 9.02. The largest absolute Gasteiger partial charge is 0.362 e. The fraction of sp³-hybridized carbons (Fsp3) is 0.500. The molecule has 5 nitrogen and oxygen atoms in total. The average Bonchev–Trinajstić information content (AvgIpc) is 2.38. The van der Waals surface area contributed by atoms with E-state index in [0.717, 1.165) is 32.7 Å². The summed E-state index contributed by atoms with van der Waals surface area (Å²) in [6.45, 7) is 6.54. The summed E-state index contributed by atoms with van der Waals surface area (Å²) in [6, 6.07) is 3.12. The van der Waals surface area contributed by atoms with Gasteiger partial charge in [-0.05, 0) is 28.5 Å². The van der Waals surface area contributed by atoms with Crippen LogP contribution in [0.25, 0.3) is 0 Å². The Balaban J connectivity index is 2.32. The van der Waals surface area contributed by atoms with Gasteiger partial charge in [-0.25, -0.2) is 0 Å². The van der Waals surface area contributed by atoms with Crippen molar-refractivity contribution in [1.82, 2.24) is 4.90 Å². The first-order valence-corrected chi connectivity index (χ1v) is 7.30. The molecule has 1 heterocycles. The third-order valence-corrected chi connectivity index (χ3v) is 4.16. The molecule has 0 aromatic heterocycles. The molecule has 0 radical (unpaired) electrons. The van der Waals surface area contributed by atoms with Crippen LogP contribution < -0.4 is 4.90 Å². The second-order valence-electron chi connectivity index (χ2n) is 4.43. The van der Waals surface area contributed by atoms with Crippen LogP contribution in [0.1, 0.15) is 6.92 Å². The van der Waals surface area contributed by atoms with Gasteiger partial charge in [-0.2, -0.15) is 0 Å². The molecule has 0 atom stereocenters. The van der Waals surface area contributed by atoms with Crippen molar-refractivity contribution in [3.05, 3.63) is 31.7 Å². The van der Waals surface area contributed by atoms with E-state index >= 15 is 0 Å². The van der Waals surface area contributed by atoms with Crippen LogP contribution in [0.2, 0.25) is 5.02 Å². The molecular formula is C12H15BrClN3O2. The van der Waals surface area contributed by atoms with Gasteiger partial charge in [-0.1, -0.05) is 18.5 Å². The third-order valence-electron chi connectivity index (χ3n) is 3.34. The maximum atomic E-state index is 11.2. The predicted octanol–water partition coefficient (Wildman–Crippen LogP) is 3.15. The monoisotopic (exact) mass is 347 g/mol. The summed E-state index contributed by atoms with van der Waals surface area (Å²) in [7, 11) is 0. The lowest BCUT2D eigenvalue weighted by Crippen LogP contribution is -2.46.